The number of aromatic hydroxyl groups is 1. The van der Waals surface area contributed by atoms with Crippen LogP contribution in [0.5, 0.6) is 5.75 Å². The lowest BCUT2D eigenvalue weighted by Crippen LogP contribution is -2.01. The number of hydrogen-bond donors (Lipinski definition) is 2. The smallest absolute Gasteiger partial charge is 0.123 e. The van der Waals surface area contributed by atoms with Crippen LogP contribution in [0, 0.1) is 12.7 Å². The number of nitrogens with one attached hydrogen (secondary N) is 1. The van der Waals surface area contributed by atoms with Crippen molar-refractivity contribution in [1.82, 2.24) is 4.98 Å². The molecule has 0 saturated carbocycles. The van der Waals surface area contributed by atoms with Crippen molar-refractivity contribution in [1.29, 1.82) is 0 Å². The van der Waals surface area contributed by atoms with Crippen molar-refractivity contribution in [3.63, 3.8) is 0 Å². The van der Waals surface area contributed by atoms with Gasteiger partial charge in [-0.05, 0) is 37.3 Å². The molecule has 0 saturated heterocycles. The van der Waals surface area contributed by atoms with Crippen molar-refractivity contribution < 1.29 is 9.50 Å². The Morgan fingerprint density at radius 2 is 2.00 bits per heavy atom. The van der Waals surface area contributed by atoms with E-state index in [9.17, 15) is 9.50 Å². The van der Waals surface area contributed by atoms with Crippen LogP contribution in [0.3, 0.4) is 0 Å². The monoisotopic (exact) mass is 282 g/mol. The molecule has 2 aromatic carbocycles. The van der Waals surface area contributed by atoms with Crippen LogP contribution in [-0.2, 0) is 6.54 Å². The van der Waals surface area contributed by atoms with Gasteiger partial charge in [0.2, 0.25) is 0 Å². The molecule has 0 bridgehead atoms. The SMILES string of the molecule is Cc1ccc2cccc(NCc3cc(F)ccc3O)c2n1. The van der Waals surface area contributed by atoms with Gasteiger partial charge in [-0.3, -0.25) is 4.98 Å². The zero-order valence-electron chi connectivity index (χ0n) is 11.6. The summed E-state index contributed by atoms with van der Waals surface area (Å²) in [6.45, 7) is 2.27. The summed E-state index contributed by atoms with van der Waals surface area (Å²) in [6, 6.07) is 13.8. The van der Waals surface area contributed by atoms with Gasteiger partial charge in [-0.25, -0.2) is 4.39 Å². The van der Waals surface area contributed by atoms with Gasteiger partial charge in [0.1, 0.15) is 11.6 Å². The Morgan fingerprint density at radius 3 is 2.86 bits per heavy atom. The van der Waals surface area contributed by atoms with Crippen molar-refractivity contribution in [2.24, 2.45) is 0 Å². The molecule has 0 aliphatic heterocycles. The summed E-state index contributed by atoms with van der Waals surface area (Å²) in [5.74, 6) is -0.287. The lowest BCUT2D eigenvalue weighted by molar-refractivity contribution is 0.466. The molecule has 1 aromatic heterocycles. The van der Waals surface area contributed by atoms with Crippen LogP contribution in [0.25, 0.3) is 10.9 Å². The zero-order chi connectivity index (χ0) is 14.8. The van der Waals surface area contributed by atoms with E-state index < -0.39 is 0 Å². The largest absolute Gasteiger partial charge is 0.508 e. The summed E-state index contributed by atoms with van der Waals surface area (Å²) < 4.78 is 13.2. The standard InChI is InChI=1S/C17H15FN2O/c1-11-5-6-12-3-2-4-15(17(12)20-11)19-10-13-9-14(18)7-8-16(13)21/h2-9,19,21H,10H2,1H3. The predicted molar refractivity (Wildman–Crippen MR) is 81.9 cm³/mol. The molecule has 1 heterocycles. The fraction of sp³-hybridized carbons (Fsp3) is 0.118. The first-order chi connectivity index (χ1) is 10.1. The van der Waals surface area contributed by atoms with Gasteiger partial charge in [-0.1, -0.05) is 18.2 Å². The number of hydrogen-bond acceptors (Lipinski definition) is 3. The van der Waals surface area contributed by atoms with Gasteiger partial charge in [0.05, 0.1) is 11.2 Å². The number of nitrogens with zero attached hydrogens (tertiary/aromatic N) is 1. The number of phenols is 1. The first kappa shape index (κ1) is 13.4. The highest BCUT2D eigenvalue weighted by Crippen LogP contribution is 2.24. The molecule has 4 heteroatoms. The Morgan fingerprint density at radius 1 is 1.14 bits per heavy atom. The Balaban J connectivity index is 1.91. The molecule has 0 aliphatic rings. The summed E-state index contributed by atoms with van der Waals surface area (Å²) in [7, 11) is 0. The molecule has 0 amide bonds. The van der Waals surface area contributed by atoms with Crippen LogP contribution < -0.4 is 5.32 Å². The van der Waals surface area contributed by atoms with E-state index in [1.807, 2.05) is 37.3 Å². The third-order valence-electron chi connectivity index (χ3n) is 3.37. The molecule has 21 heavy (non-hydrogen) atoms. The van der Waals surface area contributed by atoms with Gasteiger partial charge in [0.25, 0.3) is 0 Å². The number of anilines is 1. The number of para-hydroxylation sites is 1. The molecule has 3 aromatic rings. The number of phenolic OH excluding ortho intramolecular Hbond substituents is 1. The number of benzene rings is 2. The zero-order valence-corrected chi connectivity index (χ0v) is 11.6. The van der Waals surface area contributed by atoms with Gasteiger partial charge in [0.15, 0.2) is 0 Å². The van der Waals surface area contributed by atoms with Crippen LogP contribution in [0.4, 0.5) is 10.1 Å². The van der Waals surface area contributed by atoms with Crippen molar-refractivity contribution >= 4 is 16.6 Å². The van der Waals surface area contributed by atoms with E-state index in [2.05, 4.69) is 10.3 Å². The molecular formula is C17H15FN2O. The van der Waals surface area contributed by atoms with E-state index in [1.165, 1.54) is 18.2 Å². The Bertz CT molecular complexity index is 802. The maximum Gasteiger partial charge on any atom is 0.123 e. The number of fused-ring (bicyclic) bond motifs is 1. The van der Waals surface area contributed by atoms with Crippen LogP contribution in [0.2, 0.25) is 0 Å². The van der Waals surface area contributed by atoms with Crippen LogP contribution in [0.1, 0.15) is 11.3 Å². The maximum atomic E-state index is 13.2. The highest BCUT2D eigenvalue weighted by Gasteiger charge is 2.06. The normalized spacial score (nSPS) is 10.8. The highest BCUT2D eigenvalue weighted by molar-refractivity contribution is 5.90. The molecule has 106 valence electrons. The number of halogens is 1. The predicted octanol–water partition coefficient (Wildman–Crippen LogP) is 4.00. The van der Waals surface area contributed by atoms with Gasteiger partial charge >= 0.3 is 0 Å². The number of pyridine rings is 1. The van der Waals surface area contributed by atoms with Gasteiger partial charge < -0.3 is 10.4 Å². The van der Waals surface area contributed by atoms with Crippen molar-refractivity contribution in [2.45, 2.75) is 13.5 Å². The molecule has 0 spiro atoms. The summed E-state index contributed by atoms with van der Waals surface area (Å²) in [5.41, 5.74) is 3.18. The van der Waals surface area contributed by atoms with Gasteiger partial charge in [0, 0.05) is 23.2 Å². The fourth-order valence-electron chi connectivity index (χ4n) is 2.27. The molecule has 0 radical (unpaired) electrons. The molecular weight excluding hydrogens is 267 g/mol. The molecule has 0 unspecified atom stereocenters. The van der Waals surface area contributed by atoms with E-state index in [0.29, 0.717) is 12.1 Å². The van der Waals surface area contributed by atoms with Crippen LogP contribution >= 0.6 is 0 Å². The minimum atomic E-state index is -0.364. The second kappa shape index (κ2) is 5.40. The second-order valence-corrected chi connectivity index (χ2v) is 4.96. The quantitative estimate of drug-likeness (QED) is 0.763. The summed E-state index contributed by atoms with van der Waals surface area (Å²) in [6.07, 6.45) is 0. The molecule has 0 atom stereocenters. The van der Waals surface area contributed by atoms with E-state index in [0.717, 1.165) is 22.3 Å². The van der Waals surface area contributed by atoms with E-state index in [1.54, 1.807) is 0 Å². The van der Waals surface area contributed by atoms with Gasteiger partial charge in [-0.2, -0.15) is 0 Å². The van der Waals surface area contributed by atoms with E-state index >= 15 is 0 Å². The Hall–Kier alpha value is -2.62. The van der Waals surface area contributed by atoms with E-state index in [-0.39, 0.29) is 11.6 Å². The summed E-state index contributed by atoms with van der Waals surface area (Å²) in [5, 5.41) is 14.0. The minimum Gasteiger partial charge on any atom is -0.508 e. The third kappa shape index (κ3) is 2.79. The molecule has 0 aliphatic carbocycles. The number of rotatable bonds is 3. The molecule has 2 N–H and O–H groups in total. The van der Waals surface area contributed by atoms with Crippen LogP contribution in [-0.4, -0.2) is 10.1 Å². The lowest BCUT2D eigenvalue weighted by atomic mass is 10.1. The van der Waals surface area contributed by atoms with Crippen LogP contribution in [0.15, 0.2) is 48.5 Å². The maximum absolute atomic E-state index is 13.2. The van der Waals surface area contributed by atoms with Crippen molar-refractivity contribution in [2.75, 3.05) is 5.32 Å². The second-order valence-electron chi connectivity index (χ2n) is 4.96. The third-order valence-corrected chi connectivity index (χ3v) is 3.37. The molecule has 3 rings (SSSR count). The van der Waals surface area contributed by atoms with Gasteiger partial charge in [-0.15, -0.1) is 0 Å². The molecule has 0 fully saturated rings. The minimum absolute atomic E-state index is 0.0771. The summed E-state index contributed by atoms with van der Waals surface area (Å²) >= 11 is 0. The number of aryl methyl sites for hydroxylation is 1. The van der Waals surface area contributed by atoms with Crippen molar-refractivity contribution in [3.05, 3.63) is 65.6 Å². The highest BCUT2D eigenvalue weighted by atomic mass is 19.1. The average Bonchev–Trinajstić information content (AvgIpc) is 2.48. The number of aromatic nitrogens is 1. The van der Waals surface area contributed by atoms with Crippen molar-refractivity contribution in [3.8, 4) is 5.75 Å². The topological polar surface area (TPSA) is 45.1 Å². The summed E-state index contributed by atoms with van der Waals surface area (Å²) in [4.78, 5) is 4.53. The average molecular weight is 282 g/mol. The first-order valence-corrected chi connectivity index (χ1v) is 6.71. The Labute approximate surface area is 122 Å². The van der Waals surface area contributed by atoms with E-state index in [4.69, 9.17) is 0 Å². The Kier molecular flexibility index (Phi) is 3.44. The molecule has 3 nitrogen and oxygen atoms in total. The fourth-order valence-corrected chi connectivity index (χ4v) is 2.27. The lowest BCUT2D eigenvalue weighted by Gasteiger charge is -2.11. The first-order valence-electron chi connectivity index (χ1n) is 6.71.